The third-order valence-corrected chi connectivity index (χ3v) is 2.86. The second kappa shape index (κ2) is 6.11. The number of pyridine rings is 1. The van der Waals surface area contributed by atoms with Crippen molar-refractivity contribution in [1.29, 1.82) is 0 Å². The van der Waals surface area contributed by atoms with E-state index in [9.17, 15) is 4.79 Å². The molecule has 19 heavy (non-hydrogen) atoms. The lowest BCUT2D eigenvalue weighted by Gasteiger charge is -2.05. The maximum absolute atomic E-state index is 11.4. The predicted molar refractivity (Wildman–Crippen MR) is 73.8 cm³/mol. The fourth-order valence-electron chi connectivity index (χ4n) is 1.86. The monoisotopic (exact) mass is 256 g/mol. The first kappa shape index (κ1) is 13.2. The van der Waals surface area contributed by atoms with Gasteiger partial charge in [-0.05, 0) is 41.9 Å². The van der Waals surface area contributed by atoms with Crippen LogP contribution in [0.1, 0.15) is 16.1 Å². The van der Waals surface area contributed by atoms with Crippen LogP contribution in [0.5, 0.6) is 0 Å². The molecule has 0 amide bonds. The topological polar surface area (TPSA) is 65.2 Å². The molecule has 98 valence electrons. The highest BCUT2D eigenvalue weighted by Gasteiger charge is 2.05. The molecule has 0 unspecified atom stereocenters. The van der Waals surface area contributed by atoms with E-state index in [-0.39, 0.29) is 5.97 Å². The number of nitrogens with zero attached hydrogens (tertiary/aromatic N) is 1. The number of hydrogen-bond donors (Lipinski definition) is 1. The van der Waals surface area contributed by atoms with Crippen LogP contribution in [0, 0.1) is 0 Å². The molecule has 2 N–H and O–H groups in total. The molecule has 0 spiro atoms. The minimum atomic E-state index is -0.329. The van der Waals surface area contributed by atoms with Gasteiger partial charge in [0.25, 0.3) is 0 Å². The molecular formula is C15H16N2O2. The van der Waals surface area contributed by atoms with E-state index in [1.54, 1.807) is 18.3 Å². The maximum Gasteiger partial charge on any atom is 0.337 e. The minimum absolute atomic E-state index is 0.329. The number of rotatable bonds is 4. The summed E-state index contributed by atoms with van der Waals surface area (Å²) in [4.78, 5) is 15.6. The normalized spacial score (nSPS) is 10.2. The summed E-state index contributed by atoms with van der Waals surface area (Å²) in [5.41, 5.74) is 9.14. The standard InChI is InChI=1S/C15H16N2O2/c1-19-15(18)12-4-2-11(3-5-12)13-7-9-17-14(10-13)6-8-16/h2-5,7,9-10H,6,8,16H2,1H3. The molecule has 0 radical (unpaired) electrons. The number of carbonyl (C=O) groups excluding carboxylic acids is 1. The number of aromatic nitrogens is 1. The zero-order chi connectivity index (χ0) is 13.7. The van der Waals surface area contributed by atoms with Crippen LogP contribution in [0.15, 0.2) is 42.6 Å². The molecule has 1 aromatic carbocycles. The van der Waals surface area contributed by atoms with Gasteiger partial charge in [0, 0.05) is 18.3 Å². The van der Waals surface area contributed by atoms with Crippen molar-refractivity contribution in [1.82, 2.24) is 4.98 Å². The second-order valence-corrected chi connectivity index (χ2v) is 4.14. The molecule has 0 fully saturated rings. The SMILES string of the molecule is COC(=O)c1ccc(-c2ccnc(CCN)c2)cc1. The van der Waals surface area contributed by atoms with Crippen molar-refractivity contribution < 1.29 is 9.53 Å². The Bertz CT molecular complexity index is 565. The van der Waals surface area contributed by atoms with Crippen molar-refractivity contribution in [3.63, 3.8) is 0 Å². The average Bonchev–Trinajstić information content (AvgIpc) is 2.47. The summed E-state index contributed by atoms with van der Waals surface area (Å²) in [6.45, 7) is 0.581. The Morgan fingerprint density at radius 2 is 1.95 bits per heavy atom. The number of methoxy groups -OCH3 is 1. The van der Waals surface area contributed by atoms with Crippen LogP contribution in [0.3, 0.4) is 0 Å². The fourth-order valence-corrected chi connectivity index (χ4v) is 1.86. The number of nitrogens with two attached hydrogens (primary N) is 1. The highest BCUT2D eigenvalue weighted by atomic mass is 16.5. The molecule has 0 saturated carbocycles. The van der Waals surface area contributed by atoms with Crippen LogP contribution < -0.4 is 5.73 Å². The summed E-state index contributed by atoms with van der Waals surface area (Å²) in [5.74, 6) is -0.329. The molecule has 1 heterocycles. The van der Waals surface area contributed by atoms with Crippen LogP contribution >= 0.6 is 0 Å². The van der Waals surface area contributed by atoms with E-state index in [1.807, 2.05) is 24.3 Å². The number of esters is 1. The molecule has 0 atom stereocenters. The number of benzene rings is 1. The first-order chi connectivity index (χ1) is 9.24. The highest BCUT2D eigenvalue weighted by Crippen LogP contribution is 2.20. The quantitative estimate of drug-likeness (QED) is 0.850. The molecule has 0 aliphatic rings. The second-order valence-electron chi connectivity index (χ2n) is 4.14. The van der Waals surface area contributed by atoms with E-state index in [0.717, 1.165) is 23.2 Å². The largest absolute Gasteiger partial charge is 0.465 e. The average molecular weight is 256 g/mol. The van der Waals surface area contributed by atoms with Crippen LogP contribution in [0.25, 0.3) is 11.1 Å². The Morgan fingerprint density at radius 1 is 1.21 bits per heavy atom. The van der Waals surface area contributed by atoms with Gasteiger partial charge in [-0.15, -0.1) is 0 Å². The van der Waals surface area contributed by atoms with Gasteiger partial charge in [0.05, 0.1) is 12.7 Å². The number of ether oxygens (including phenoxy) is 1. The van der Waals surface area contributed by atoms with Gasteiger partial charge in [-0.2, -0.15) is 0 Å². The van der Waals surface area contributed by atoms with Gasteiger partial charge in [0.15, 0.2) is 0 Å². The van der Waals surface area contributed by atoms with Gasteiger partial charge >= 0.3 is 5.97 Å². The molecule has 1 aromatic heterocycles. The molecule has 0 saturated heterocycles. The van der Waals surface area contributed by atoms with Crippen molar-refractivity contribution in [2.24, 2.45) is 5.73 Å². The number of hydrogen-bond acceptors (Lipinski definition) is 4. The molecule has 4 heteroatoms. The van der Waals surface area contributed by atoms with Crippen molar-refractivity contribution >= 4 is 5.97 Å². The van der Waals surface area contributed by atoms with Crippen molar-refractivity contribution in [2.75, 3.05) is 13.7 Å². The van der Waals surface area contributed by atoms with Gasteiger partial charge in [0.2, 0.25) is 0 Å². The molecule has 0 aliphatic heterocycles. The van der Waals surface area contributed by atoms with E-state index in [4.69, 9.17) is 5.73 Å². The van der Waals surface area contributed by atoms with Crippen molar-refractivity contribution in [3.8, 4) is 11.1 Å². The molecule has 2 aromatic rings. The molecule has 0 aliphatic carbocycles. The summed E-state index contributed by atoms with van der Waals surface area (Å²) in [6, 6.07) is 11.3. The van der Waals surface area contributed by atoms with Crippen LogP contribution in [-0.2, 0) is 11.2 Å². The lowest BCUT2D eigenvalue weighted by molar-refractivity contribution is 0.0601. The molecule has 2 rings (SSSR count). The van der Waals surface area contributed by atoms with Crippen molar-refractivity contribution in [3.05, 3.63) is 53.9 Å². The Morgan fingerprint density at radius 3 is 2.58 bits per heavy atom. The Labute approximate surface area is 112 Å². The summed E-state index contributed by atoms with van der Waals surface area (Å²) >= 11 is 0. The van der Waals surface area contributed by atoms with Crippen LogP contribution in [0.2, 0.25) is 0 Å². The Kier molecular flexibility index (Phi) is 4.26. The summed E-state index contributed by atoms with van der Waals surface area (Å²) in [5, 5.41) is 0. The molecule has 4 nitrogen and oxygen atoms in total. The molecular weight excluding hydrogens is 240 g/mol. The van der Waals surface area contributed by atoms with Gasteiger partial charge in [-0.1, -0.05) is 12.1 Å². The Hall–Kier alpha value is -2.20. The lowest BCUT2D eigenvalue weighted by Crippen LogP contribution is -2.04. The van der Waals surface area contributed by atoms with E-state index in [0.29, 0.717) is 12.1 Å². The van der Waals surface area contributed by atoms with Gasteiger partial charge in [-0.25, -0.2) is 4.79 Å². The smallest absolute Gasteiger partial charge is 0.337 e. The zero-order valence-corrected chi connectivity index (χ0v) is 10.8. The third-order valence-electron chi connectivity index (χ3n) is 2.86. The number of carbonyl (C=O) groups is 1. The van der Waals surface area contributed by atoms with Crippen LogP contribution in [-0.4, -0.2) is 24.6 Å². The van der Waals surface area contributed by atoms with E-state index >= 15 is 0 Å². The third kappa shape index (κ3) is 3.17. The highest BCUT2D eigenvalue weighted by molar-refractivity contribution is 5.89. The van der Waals surface area contributed by atoms with Gasteiger partial charge in [0.1, 0.15) is 0 Å². The first-order valence-electron chi connectivity index (χ1n) is 6.08. The zero-order valence-electron chi connectivity index (χ0n) is 10.8. The summed E-state index contributed by atoms with van der Waals surface area (Å²) < 4.78 is 4.67. The lowest BCUT2D eigenvalue weighted by atomic mass is 10.0. The minimum Gasteiger partial charge on any atom is -0.465 e. The van der Waals surface area contributed by atoms with Gasteiger partial charge < -0.3 is 10.5 Å². The van der Waals surface area contributed by atoms with E-state index < -0.39 is 0 Å². The van der Waals surface area contributed by atoms with E-state index in [2.05, 4.69) is 9.72 Å². The summed E-state index contributed by atoms with van der Waals surface area (Å²) in [7, 11) is 1.37. The van der Waals surface area contributed by atoms with E-state index in [1.165, 1.54) is 7.11 Å². The fraction of sp³-hybridized carbons (Fsp3) is 0.200. The van der Waals surface area contributed by atoms with Crippen molar-refractivity contribution in [2.45, 2.75) is 6.42 Å². The summed E-state index contributed by atoms with van der Waals surface area (Å²) in [6.07, 6.45) is 2.53. The predicted octanol–water partition coefficient (Wildman–Crippen LogP) is 2.04. The van der Waals surface area contributed by atoms with Gasteiger partial charge in [-0.3, -0.25) is 4.98 Å². The molecule has 0 bridgehead atoms. The van der Waals surface area contributed by atoms with Crippen LogP contribution in [0.4, 0.5) is 0 Å². The Balaban J connectivity index is 2.26. The first-order valence-corrected chi connectivity index (χ1v) is 6.08. The maximum atomic E-state index is 11.4.